The van der Waals surface area contributed by atoms with Gasteiger partial charge < -0.3 is 5.32 Å². The molecule has 0 radical (unpaired) electrons. The van der Waals surface area contributed by atoms with Gasteiger partial charge in [-0.15, -0.1) is 11.8 Å². The highest BCUT2D eigenvalue weighted by atomic mass is 35.5. The minimum absolute atomic E-state index is 0.0905. The van der Waals surface area contributed by atoms with Gasteiger partial charge in [-0.1, -0.05) is 43.6 Å². The zero-order valence-corrected chi connectivity index (χ0v) is 22.5. The van der Waals surface area contributed by atoms with Crippen LogP contribution in [0.1, 0.15) is 40.1 Å². The third kappa shape index (κ3) is 5.77. The summed E-state index contributed by atoms with van der Waals surface area (Å²) in [6.07, 6.45) is 0. The maximum atomic E-state index is 13.4. The number of halogens is 1. The molecule has 0 saturated carbocycles. The molecule has 0 aromatic heterocycles. The Kier molecular flexibility index (Phi) is 7.84. The Balaban J connectivity index is 1.53. The van der Waals surface area contributed by atoms with Crippen LogP contribution in [0.3, 0.4) is 0 Å². The van der Waals surface area contributed by atoms with Crippen LogP contribution in [0.25, 0.3) is 0 Å². The summed E-state index contributed by atoms with van der Waals surface area (Å²) in [5, 5.41) is 11.8. The Hall–Kier alpha value is -3.05. The molecule has 3 aromatic carbocycles. The number of carbonyl (C=O) groups is 2. The average molecular weight is 561 g/mol. The van der Waals surface area contributed by atoms with Crippen molar-refractivity contribution in [3.63, 3.8) is 0 Å². The molecule has 0 spiro atoms. The smallest absolute Gasteiger partial charge is 0.351 e. The molecule has 1 aliphatic rings. The molecule has 8 nitrogen and oxygen atoms in total. The molecule has 0 aliphatic carbocycles. The van der Waals surface area contributed by atoms with E-state index in [1.54, 1.807) is 42.5 Å². The summed E-state index contributed by atoms with van der Waals surface area (Å²) in [5.74, 6) is -0.608. The first kappa shape index (κ1) is 27.0. The molecule has 11 heteroatoms. The predicted molar refractivity (Wildman–Crippen MR) is 143 cm³/mol. The topological polar surface area (TPSA) is 113 Å². The Morgan fingerprint density at radius 3 is 2.46 bits per heavy atom. The Labute approximate surface area is 224 Å². The van der Waals surface area contributed by atoms with Crippen molar-refractivity contribution < 1.29 is 28.2 Å². The molecule has 0 bridgehead atoms. The second kappa shape index (κ2) is 10.7. The highest BCUT2D eigenvalue weighted by Gasteiger charge is 2.31. The Morgan fingerprint density at radius 2 is 1.78 bits per heavy atom. The van der Waals surface area contributed by atoms with Crippen LogP contribution in [0.4, 0.5) is 5.69 Å². The molecule has 2 N–H and O–H groups in total. The standard InChI is InChI=1S/C26H25ClN2O6S2/c1-26(2,19-9-6-17(7-10-19)25(31)35-32)16-28-24(30)18-8-11-23-22(14-18)29(12-13-36-23)37(33,34)21-5-3-4-20(27)15-21/h3-11,14-15,32H,12-13,16H2,1-2H3,(H,28,30). The minimum Gasteiger partial charge on any atom is -0.351 e. The second-order valence-electron chi connectivity index (χ2n) is 9.09. The number of benzene rings is 3. The largest absolute Gasteiger partial charge is 0.372 e. The Bertz CT molecular complexity index is 1440. The van der Waals surface area contributed by atoms with Crippen LogP contribution in [-0.4, -0.2) is 44.4 Å². The number of nitrogens with zero attached hydrogens (tertiary/aromatic N) is 1. The van der Waals surface area contributed by atoms with Gasteiger partial charge in [0.25, 0.3) is 15.9 Å². The van der Waals surface area contributed by atoms with Gasteiger partial charge in [0.1, 0.15) is 0 Å². The van der Waals surface area contributed by atoms with Crippen molar-refractivity contribution in [3.8, 4) is 0 Å². The molecule has 3 aromatic rings. The van der Waals surface area contributed by atoms with Crippen LogP contribution < -0.4 is 9.62 Å². The van der Waals surface area contributed by atoms with Crippen molar-refractivity contribution in [2.45, 2.75) is 29.1 Å². The van der Waals surface area contributed by atoms with E-state index in [2.05, 4.69) is 10.2 Å². The molecule has 194 valence electrons. The van der Waals surface area contributed by atoms with Crippen molar-refractivity contribution in [1.29, 1.82) is 0 Å². The minimum atomic E-state index is -3.87. The number of nitrogens with one attached hydrogen (secondary N) is 1. The van der Waals surface area contributed by atoms with Crippen LogP contribution in [0.5, 0.6) is 0 Å². The van der Waals surface area contributed by atoms with E-state index in [1.807, 2.05) is 13.8 Å². The summed E-state index contributed by atoms with van der Waals surface area (Å²) < 4.78 is 28.1. The van der Waals surface area contributed by atoms with Crippen LogP contribution in [0, 0.1) is 0 Å². The van der Waals surface area contributed by atoms with Gasteiger partial charge in [0.15, 0.2) is 0 Å². The van der Waals surface area contributed by atoms with Gasteiger partial charge >= 0.3 is 5.97 Å². The fourth-order valence-electron chi connectivity index (χ4n) is 3.95. The molecule has 1 heterocycles. The van der Waals surface area contributed by atoms with Crippen molar-refractivity contribution in [2.24, 2.45) is 0 Å². The van der Waals surface area contributed by atoms with Crippen molar-refractivity contribution >= 4 is 50.9 Å². The molecule has 37 heavy (non-hydrogen) atoms. The number of fused-ring (bicyclic) bond motifs is 1. The summed E-state index contributed by atoms with van der Waals surface area (Å²) in [5.41, 5.74) is 1.38. The zero-order valence-electron chi connectivity index (χ0n) is 20.1. The van der Waals surface area contributed by atoms with E-state index in [0.29, 0.717) is 22.0 Å². The van der Waals surface area contributed by atoms with E-state index >= 15 is 0 Å². The van der Waals surface area contributed by atoms with E-state index in [-0.39, 0.29) is 29.5 Å². The number of amides is 1. The summed E-state index contributed by atoms with van der Waals surface area (Å²) in [6.45, 7) is 4.43. The van der Waals surface area contributed by atoms with E-state index < -0.39 is 21.4 Å². The summed E-state index contributed by atoms with van der Waals surface area (Å²) in [4.78, 5) is 29.1. The lowest BCUT2D eigenvalue weighted by Crippen LogP contribution is -2.37. The fraction of sp³-hybridized carbons (Fsp3) is 0.231. The summed E-state index contributed by atoms with van der Waals surface area (Å²) >= 11 is 7.56. The van der Waals surface area contributed by atoms with Crippen molar-refractivity contribution in [1.82, 2.24) is 5.32 Å². The highest BCUT2D eigenvalue weighted by molar-refractivity contribution is 8.00. The third-order valence-electron chi connectivity index (χ3n) is 6.10. The van der Waals surface area contributed by atoms with E-state index in [1.165, 1.54) is 40.3 Å². The average Bonchev–Trinajstić information content (AvgIpc) is 2.90. The summed E-state index contributed by atoms with van der Waals surface area (Å²) in [6, 6.07) is 17.7. The maximum Gasteiger partial charge on any atom is 0.372 e. The van der Waals surface area contributed by atoms with Gasteiger partial charge in [0, 0.05) is 39.7 Å². The number of sulfonamides is 1. The number of anilines is 1. The summed E-state index contributed by atoms with van der Waals surface area (Å²) in [7, 11) is -3.87. The van der Waals surface area contributed by atoms with Crippen LogP contribution in [-0.2, 0) is 20.3 Å². The number of hydrogen-bond acceptors (Lipinski definition) is 7. The molecule has 0 saturated heterocycles. The lowest BCUT2D eigenvalue weighted by Gasteiger charge is -2.30. The van der Waals surface area contributed by atoms with Gasteiger partial charge in [-0.2, -0.15) is 5.26 Å². The van der Waals surface area contributed by atoms with E-state index in [9.17, 15) is 18.0 Å². The molecule has 0 atom stereocenters. The number of hydrogen-bond donors (Lipinski definition) is 2. The zero-order chi connectivity index (χ0) is 26.8. The Morgan fingerprint density at radius 1 is 1.08 bits per heavy atom. The molecule has 0 unspecified atom stereocenters. The van der Waals surface area contributed by atoms with E-state index in [4.69, 9.17) is 16.9 Å². The first-order valence-corrected chi connectivity index (χ1v) is 14.1. The van der Waals surface area contributed by atoms with Crippen molar-refractivity contribution in [2.75, 3.05) is 23.1 Å². The maximum absolute atomic E-state index is 13.4. The van der Waals surface area contributed by atoms with Gasteiger partial charge in [-0.25, -0.2) is 13.2 Å². The van der Waals surface area contributed by atoms with Crippen LogP contribution in [0.15, 0.2) is 76.5 Å². The molecule has 4 rings (SSSR count). The first-order chi connectivity index (χ1) is 17.5. The van der Waals surface area contributed by atoms with E-state index in [0.717, 1.165) is 10.5 Å². The fourth-order valence-corrected chi connectivity index (χ4v) is 6.88. The molecular formula is C26H25ClN2O6S2. The van der Waals surface area contributed by atoms with Crippen molar-refractivity contribution in [3.05, 3.63) is 88.4 Å². The van der Waals surface area contributed by atoms with Gasteiger partial charge in [-0.05, 0) is 54.1 Å². The monoisotopic (exact) mass is 560 g/mol. The lowest BCUT2D eigenvalue weighted by atomic mass is 9.84. The number of thioether (sulfide) groups is 1. The number of rotatable bonds is 7. The molecule has 1 amide bonds. The quantitative estimate of drug-likeness (QED) is 0.309. The third-order valence-corrected chi connectivity index (χ3v) is 9.19. The second-order valence-corrected chi connectivity index (χ2v) is 12.5. The highest BCUT2D eigenvalue weighted by Crippen LogP contribution is 2.38. The first-order valence-electron chi connectivity index (χ1n) is 11.3. The van der Waals surface area contributed by atoms with Gasteiger partial charge in [-0.3, -0.25) is 14.0 Å². The predicted octanol–water partition coefficient (Wildman–Crippen LogP) is 4.98. The normalized spacial score (nSPS) is 13.6. The molecular weight excluding hydrogens is 536 g/mol. The molecule has 0 fully saturated rings. The van der Waals surface area contributed by atoms with Crippen LogP contribution >= 0.6 is 23.4 Å². The lowest BCUT2D eigenvalue weighted by molar-refractivity contribution is -0.182. The molecule has 1 aliphatic heterocycles. The van der Waals surface area contributed by atoms with Gasteiger partial charge in [0.05, 0.1) is 16.1 Å². The van der Waals surface area contributed by atoms with Gasteiger partial charge in [0.2, 0.25) is 0 Å². The van der Waals surface area contributed by atoms with Crippen LogP contribution in [0.2, 0.25) is 5.02 Å². The number of carbonyl (C=O) groups excluding carboxylic acids is 2. The SMILES string of the molecule is CC(C)(CNC(=O)c1ccc2c(c1)N(S(=O)(=O)c1cccc(Cl)c1)CCS2)c1ccc(C(=O)OO)cc1.